The highest BCUT2D eigenvalue weighted by Crippen LogP contribution is 2.31. The highest BCUT2D eigenvalue weighted by molar-refractivity contribution is 6.30. The van der Waals surface area contributed by atoms with Crippen LogP contribution in [0.1, 0.15) is 11.1 Å². The van der Waals surface area contributed by atoms with Gasteiger partial charge in [0.2, 0.25) is 17.8 Å². The number of alkyl halides is 3. The van der Waals surface area contributed by atoms with Crippen LogP contribution in [0.4, 0.5) is 36.7 Å². The first-order valence-electron chi connectivity index (χ1n) is 9.94. The number of nitrogens with zero attached hydrogens (tertiary/aromatic N) is 5. The van der Waals surface area contributed by atoms with Crippen LogP contribution in [-0.4, -0.2) is 47.5 Å². The fourth-order valence-corrected chi connectivity index (χ4v) is 3.12. The predicted molar refractivity (Wildman–Crippen MR) is 120 cm³/mol. The van der Waals surface area contributed by atoms with E-state index in [4.69, 9.17) is 16.3 Å². The third kappa shape index (κ3) is 6.30. The fraction of sp³-hybridized carbons (Fsp3) is 0.238. The number of hydrogen-bond acceptors (Lipinski definition) is 8. The molecule has 1 aliphatic rings. The topological polar surface area (TPSA) is 87.6 Å². The quantitative estimate of drug-likeness (QED) is 0.397. The van der Waals surface area contributed by atoms with Crippen molar-refractivity contribution in [1.29, 1.82) is 0 Å². The third-order valence-electron chi connectivity index (χ3n) is 4.61. The monoisotopic (exact) mass is 477 g/mol. The minimum absolute atomic E-state index is 0.0787. The maximum absolute atomic E-state index is 13.1. The van der Waals surface area contributed by atoms with Crippen molar-refractivity contribution in [3.8, 4) is 0 Å². The zero-order chi connectivity index (χ0) is 23.3. The lowest BCUT2D eigenvalue weighted by molar-refractivity contribution is -0.137. The van der Waals surface area contributed by atoms with E-state index in [0.717, 1.165) is 17.7 Å². The lowest BCUT2D eigenvalue weighted by Crippen LogP contribution is -2.37. The third-order valence-corrected chi connectivity index (χ3v) is 4.86. The Bertz CT molecular complexity index is 1120. The van der Waals surface area contributed by atoms with Gasteiger partial charge in [0.1, 0.15) is 0 Å². The van der Waals surface area contributed by atoms with Crippen LogP contribution >= 0.6 is 11.6 Å². The molecule has 0 amide bonds. The zero-order valence-electron chi connectivity index (χ0n) is 17.2. The van der Waals surface area contributed by atoms with Crippen LogP contribution in [0.3, 0.4) is 0 Å². The van der Waals surface area contributed by atoms with E-state index in [-0.39, 0.29) is 17.6 Å². The van der Waals surface area contributed by atoms with Crippen LogP contribution in [0.5, 0.6) is 0 Å². The number of rotatable bonds is 6. The maximum Gasteiger partial charge on any atom is 0.416 e. The van der Waals surface area contributed by atoms with E-state index in [9.17, 15) is 13.2 Å². The molecule has 0 spiro atoms. The van der Waals surface area contributed by atoms with Crippen LogP contribution < -0.4 is 15.6 Å². The molecule has 0 atom stereocenters. The Morgan fingerprint density at radius 3 is 2.45 bits per heavy atom. The predicted octanol–water partition coefficient (Wildman–Crippen LogP) is 4.57. The first kappa shape index (κ1) is 22.7. The Hall–Kier alpha value is -3.44. The molecule has 1 saturated heterocycles. The number of aromatic nitrogens is 3. The van der Waals surface area contributed by atoms with Crippen molar-refractivity contribution in [2.24, 2.45) is 5.10 Å². The molecule has 2 heterocycles. The molecule has 1 aromatic heterocycles. The molecule has 0 unspecified atom stereocenters. The van der Waals surface area contributed by atoms with Crippen molar-refractivity contribution >= 4 is 41.3 Å². The van der Waals surface area contributed by atoms with Crippen molar-refractivity contribution < 1.29 is 17.9 Å². The molecular weight excluding hydrogens is 459 g/mol. The van der Waals surface area contributed by atoms with Crippen LogP contribution in [0.15, 0.2) is 53.6 Å². The van der Waals surface area contributed by atoms with Gasteiger partial charge in [-0.15, -0.1) is 0 Å². The van der Waals surface area contributed by atoms with E-state index in [1.165, 1.54) is 12.1 Å². The molecule has 0 bridgehead atoms. The molecule has 12 heteroatoms. The van der Waals surface area contributed by atoms with E-state index in [1.807, 2.05) is 4.90 Å². The molecule has 1 fully saturated rings. The van der Waals surface area contributed by atoms with E-state index in [0.29, 0.717) is 37.3 Å². The Labute approximate surface area is 192 Å². The molecule has 0 saturated carbocycles. The van der Waals surface area contributed by atoms with Gasteiger partial charge in [0, 0.05) is 23.8 Å². The van der Waals surface area contributed by atoms with Crippen LogP contribution in [0.2, 0.25) is 5.02 Å². The second kappa shape index (κ2) is 10.0. The summed E-state index contributed by atoms with van der Waals surface area (Å²) in [6.07, 6.45) is -2.90. The van der Waals surface area contributed by atoms with Crippen LogP contribution in [0, 0.1) is 0 Å². The van der Waals surface area contributed by atoms with Crippen LogP contribution in [0.25, 0.3) is 0 Å². The van der Waals surface area contributed by atoms with Crippen LogP contribution in [-0.2, 0) is 10.9 Å². The van der Waals surface area contributed by atoms with Gasteiger partial charge in [0.25, 0.3) is 0 Å². The largest absolute Gasteiger partial charge is 0.416 e. The minimum Gasteiger partial charge on any atom is -0.378 e. The van der Waals surface area contributed by atoms with Gasteiger partial charge in [-0.1, -0.05) is 29.8 Å². The van der Waals surface area contributed by atoms with E-state index in [1.54, 1.807) is 30.5 Å². The molecule has 3 aromatic rings. The van der Waals surface area contributed by atoms with Gasteiger partial charge >= 0.3 is 6.18 Å². The highest BCUT2D eigenvalue weighted by Gasteiger charge is 2.30. The number of hydrazone groups is 1. The zero-order valence-corrected chi connectivity index (χ0v) is 17.9. The number of morpholine rings is 1. The van der Waals surface area contributed by atoms with Gasteiger partial charge in [-0.2, -0.15) is 33.2 Å². The Balaban J connectivity index is 1.58. The maximum atomic E-state index is 13.1. The molecule has 0 radical (unpaired) electrons. The molecule has 2 aromatic carbocycles. The molecule has 0 aliphatic carbocycles. The normalized spacial score (nSPS) is 14.5. The SMILES string of the molecule is FC(F)(F)c1cccc(Nc2nc(NN=Cc3ccc(Cl)cc3)nc(N3CCOCC3)n2)c1. The fourth-order valence-electron chi connectivity index (χ4n) is 2.99. The summed E-state index contributed by atoms with van der Waals surface area (Å²) in [5.41, 5.74) is 2.96. The summed E-state index contributed by atoms with van der Waals surface area (Å²) in [7, 11) is 0. The highest BCUT2D eigenvalue weighted by atomic mass is 35.5. The molecule has 2 N–H and O–H groups in total. The van der Waals surface area contributed by atoms with E-state index < -0.39 is 11.7 Å². The molecule has 1 aliphatic heterocycles. The lowest BCUT2D eigenvalue weighted by atomic mass is 10.2. The summed E-state index contributed by atoms with van der Waals surface area (Å²) < 4.78 is 44.5. The van der Waals surface area contributed by atoms with Crippen molar-refractivity contribution in [2.45, 2.75) is 6.18 Å². The van der Waals surface area contributed by atoms with Crippen molar-refractivity contribution in [3.05, 3.63) is 64.7 Å². The lowest BCUT2D eigenvalue weighted by Gasteiger charge is -2.27. The van der Waals surface area contributed by atoms with Gasteiger partial charge in [-0.25, -0.2) is 5.43 Å². The Morgan fingerprint density at radius 2 is 1.73 bits per heavy atom. The minimum atomic E-state index is -4.46. The number of halogens is 4. The first-order chi connectivity index (χ1) is 15.9. The Kier molecular flexibility index (Phi) is 6.90. The summed E-state index contributed by atoms with van der Waals surface area (Å²) in [6.45, 7) is 2.17. The Morgan fingerprint density at radius 1 is 1.00 bits per heavy atom. The molecule has 4 rings (SSSR count). The number of hydrogen-bond donors (Lipinski definition) is 2. The number of nitrogens with one attached hydrogen (secondary N) is 2. The van der Waals surface area contributed by atoms with E-state index in [2.05, 4.69) is 30.8 Å². The summed E-state index contributed by atoms with van der Waals surface area (Å²) >= 11 is 5.88. The van der Waals surface area contributed by atoms with Crippen molar-refractivity contribution in [3.63, 3.8) is 0 Å². The van der Waals surface area contributed by atoms with Gasteiger partial charge < -0.3 is 15.0 Å². The van der Waals surface area contributed by atoms with Crippen molar-refractivity contribution in [1.82, 2.24) is 15.0 Å². The van der Waals surface area contributed by atoms with Gasteiger partial charge in [0.05, 0.1) is 25.0 Å². The number of benzene rings is 2. The standard InChI is InChI=1S/C21H19ClF3N7O/c22-16-6-4-14(5-7-16)13-26-31-19-28-18(29-20(30-19)32-8-10-33-11-9-32)27-17-3-1-2-15(12-17)21(23,24)25/h1-7,12-13H,8-11H2,(H2,27,28,29,30,31). The molecule has 33 heavy (non-hydrogen) atoms. The smallest absolute Gasteiger partial charge is 0.378 e. The van der Waals surface area contributed by atoms with Gasteiger partial charge in [-0.05, 0) is 35.9 Å². The summed E-state index contributed by atoms with van der Waals surface area (Å²) in [6, 6.07) is 11.9. The second-order valence-corrected chi connectivity index (χ2v) is 7.44. The molecule has 8 nitrogen and oxygen atoms in total. The summed E-state index contributed by atoms with van der Waals surface area (Å²) in [5.74, 6) is 0.563. The molecule has 172 valence electrons. The van der Waals surface area contributed by atoms with Crippen molar-refractivity contribution in [2.75, 3.05) is 41.9 Å². The van der Waals surface area contributed by atoms with Gasteiger partial charge in [0.15, 0.2) is 0 Å². The number of anilines is 4. The number of ether oxygens (including phenoxy) is 1. The van der Waals surface area contributed by atoms with E-state index >= 15 is 0 Å². The summed E-state index contributed by atoms with van der Waals surface area (Å²) in [5, 5.41) is 7.56. The molecular formula is C21H19ClF3N7O. The summed E-state index contributed by atoms with van der Waals surface area (Å²) in [4.78, 5) is 14.9. The average molecular weight is 478 g/mol. The first-order valence-corrected chi connectivity index (χ1v) is 10.3. The second-order valence-electron chi connectivity index (χ2n) is 7.01. The average Bonchev–Trinajstić information content (AvgIpc) is 2.80. The van der Waals surface area contributed by atoms with Gasteiger partial charge in [-0.3, -0.25) is 0 Å².